The van der Waals surface area contributed by atoms with Crippen LogP contribution < -0.4 is 20.1 Å². The van der Waals surface area contributed by atoms with E-state index in [0.717, 1.165) is 24.1 Å². The first kappa shape index (κ1) is 13.2. The van der Waals surface area contributed by atoms with Gasteiger partial charge in [-0.2, -0.15) is 0 Å². The molecule has 0 saturated carbocycles. The highest BCUT2D eigenvalue weighted by Gasteiger charge is 2.34. The predicted octanol–water partition coefficient (Wildman–Crippen LogP) is 1.82. The van der Waals surface area contributed by atoms with Crippen LogP contribution in [0.5, 0.6) is 11.5 Å². The van der Waals surface area contributed by atoms with Crippen LogP contribution in [0.3, 0.4) is 0 Å². The Hall–Kier alpha value is -2.50. The van der Waals surface area contributed by atoms with Crippen molar-refractivity contribution in [3.8, 4) is 11.5 Å². The molecule has 2 aliphatic heterocycles. The zero-order valence-corrected chi connectivity index (χ0v) is 12.0. The Morgan fingerprint density at radius 1 is 1.05 bits per heavy atom. The summed E-state index contributed by atoms with van der Waals surface area (Å²) in [5, 5.41) is 5.61. The number of benzene rings is 1. The molecule has 1 aromatic carbocycles. The minimum atomic E-state index is -0.424. The molecule has 6 heteroatoms. The van der Waals surface area contributed by atoms with Crippen LogP contribution in [-0.4, -0.2) is 25.0 Å². The Labute approximate surface area is 127 Å². The van der Waals surface area contributed by atoms with Crippen LogP contribution in [0.2, 0.25) is 0 Å². The smallest absolute Gasteiger partial charge is 0.319 e. The Morgan fingerprint density at radius 3 is 2.73 bits per heavy atom. The largest absolute Gasteiger partial charge is 0.486 e. The number of hydrogen-bond acceptors (Lipinski definition) is 4. The molecule has 22 heavy (non-hydrogen) atoms. The summed E-state index contributed by atoms with van der Waals surface area (Å²) in [7, 11) is 0. The molecule has 0 radical (unpaired) electrons. The zero-order chi connectivity index (χ0) is 15.1. The maximum atomic E-state index is 12.3. The number of Topliss-reactive ketones (excluding diaryl/α,β-unsaturated/α-hetero) is 1. The lowest BCUT2D eigenvalue weighted by molar-refractivity contribution is -0.116. The molecule has 4 rings (SSSR count). The van der Waals surface area contributed by atoms with Crippen molar-refractivity contribution in [1.82, 2.24) is 10.6 Å². The molecule has 114 valence electrons. The highest BCUT2D eigenvalue weighted by atomic mass is 16.6. The van der Waals surface area contributed by atoms with E-state index in [9.17, 15) is 9.59 Å². The van der Waals surface area contributed by atoms with Crippen molar-refractivity contribution in [1.29, 1.82) is 0 Å². The fourth-order valence-corrected chi connectivity index (χ4v) is 3.19. The summed E-state index contributed by atoms with van der Waals surface area (Å²) in [6.45, 7) is 1.03. The van der Waals surface area contributed by atoms with E-state index in [4.69, 9.17) is 9.47 Å². The van der Waals surface area contributed by atoms with E-state index in [1.807, 2.05) is 18.2 Å². The van der Waals surface area contributed by atoms with Gasteiger partial charge in [0.1, 0.15) is 13.2 Å². The number of fused-ring (bicyclic) bond motifs is 1. The van der Waals surface area contributed by atoms with Gasteiger partial charge >= 0.3 is 6.03 Å². The van der Waals surface area contributed by atoms with Gasteiger partial charge in [0.15, 0.2) is 17.3 Å². The number of ether oxygens (including phenoxy) is 2. The number of hydrogen-bond donors (Lipinski definition) is 2. The number of carbonyl (C=O) groups excluding carboxylic acids is 2. The lowest BCUT2D eigenvalue weighted by atomic mass is 9.85. The normalized spacial score (nSPS) is 23.5. The first-order chi connectivity index (χ1) is 10.7. The lowest BCUT2D eigenvalue weighted by Gasteiger charge is -2.32. The number of urea groups is 1. The Morgan fingerprint density at radius 2 is 1.86 bits per heavy atom. The maximum absolute atomic E-state index is 12.3. The second-order valence-corrected chi connectivity index (χ2v) is 5.60. The molecule has 2 amide bonds. The summed E-state index contributed by atoms with van der Waals surface area (Å²) in [5.74, 6) is 1.44. The van der Waals surface area contributed by atoms with Gasteiger partial charge in [0, 0.05) is 17.7 Å². The Balaban J connectivity index is 1.77. The molecule has 0 fully saturated rings. The maximum Gasteiger partial charge on any atom is 0.319 e. The second kappa shape index (κ2) is 5.05. The number of nitrogens with one attached hydrogen (secondary N) is 2. The summed E-state index contributed by atoms with van der Waals surface area (Å²) >= 11 is 0. The van der Waals surface area contributed by atoms with Crippen molar-refractivity contribution in [3.05, 3.63) is 35.0 Å². The summed E-state index contributed by atoms with van der Waals surface area (Å²) < 4.78 is 11.1. The van der Waals surface area contributed by atoms with Gasteiger partial charge in [-0.3, -0.25) is 4.79 Å². The van der Waals surface area contributed by atoms with Crippen LogP contribution in [0.1, 0.15) is 30.9 Å². The van der Waals surface area contributed by atoms with E-state index in [1.54, 1.807) is 0 Å². The van der Waals surface area contributed by atoms with E-state index in [-0.39, 0.29) is 11.8 Å². The van der Waals surface area contributed by atoms with Gasteiger partial charge in [0.25, 0.3) is 0 Å². The Kier molecular flexibility index (Phi) is 3.03. The van der Waals surface area contributed by atoms with E-state index in [0.29, 0.717) is 36.7 Å². The van der Waals surface area contributed by atoms with Crippen molar-refractivity contribution in [2.45, 2.75) is 25.3 Å². The van der Waals surface area contributed by atoms with Gasteiger partial charge in [-0.05, 0) is 30.5 Å². The van der Waals surface area contributed by atoms with Crippen LogP contribution in [0.4, 0.5) is 4.79 Å². The molecular weight excluding hydrogens is 284 g/mol. The molecule has 0 aromatic heterocycles. The SMILES string of the molecule is O=C1NC2=C(C(=O)CCC2)[C@@H](c2ccc3c(c2)OCCO3)N1. The highest BCUT2D eigenvalue weighted by Crippen LogP contribution is 2.37. The monoisotopic (exact) mass is 300 g/mol. The van der Waals surface area contributed by atoms with Crippen molar-refractivity contribution >= 4 is 11.8 Å². The molecular formula is C16H16N2O4. The number of ketones is 1. The molecule has 2 heterocycles. The van der Waals surface area contributed by atoms with Crippen molar-refractivity contribution in [2.24, 2.45) is 0 Å². The number of carbonyl (C=O) groups is 2. The summed E-state index contributed by atoms with van der Waals surface area (Å²) in [6.07, 6.45) is 2.04. The third-order valence-corrected chi connectivity index (χ3v) is 4.18. The number of allylic oxidation sites excluding steroid dienone is 1. The van der Waals surface area contributed by atoms with Crippen LogP contribution in [0.15, 0.2) is 29.5 Å². The molecule has 0 spiro atoms. The van der Waals surface area contributed by atoms with Gasteiger partial charge < -0.3 is 20.1 Å². The van der Waals surface area contributed by atoms with Crippen LogP contribution >= 0.6 is 0 Å². The summed E-state index contributed by atoms with van der Waals surface area (Å²) in [4.78, 5) is 24.2. The highest BCUT2D eigenvalue weighted by molar-refractivity contribution is 6.01. The van der Waals surface area contributed by atoms with E-state index in [2.05, 4.69) is 10.6 Å². The lowest BCUT2D eigenvalue weighted by Crippen LogP contribution is -2.46. The van der Waals surface area contributed by atoms with Crippen molar-refractivity contribution in [3.63, 3.8) is 0 Å². The third kappa shape index (κ3) is 2.11. The van der Waals surface area contributed by atoms with Gasteiger partial charge in [0.05, 0.1) is 6.04 Å². The average Bonchev–Trinajstić information content (AvgIpc) is 2.53. The average molecular weight is 300 g/mol. The van der Waals surface area contributed by atoms with Gasteiger partial charge in [-0.25, -0.2) is 4.79 Å². The molecule has 1 aromatic rings. The summed E-state index contributed by atoms with van der Waals surface area (Å²) in [6, 6.07) is 4.85. The Bertz CT molecular complexity index is 695. The zero-order valence-electron chi connectivity index (χ0n) is 12.0. The minimum absolute atomic E-state index is 0.0913. The van der Waals surface area contributed by atoms with E-state index >= 15 is 0 Å². The number of rotatable bonds is 1. The molecule has 2 N–H and O–H groups in total. The van der Waals surface area contributed by atoms with Crippen molar-refractivity contribution < 1.29 is 19.1 Å². The van der Waals surface area contributed by atoms with E-state index < -0.39 is 6.04 Å². The minimum Gasteiger partial charge on any atom is -0.486 e. The van der Waals surface area contributed by atoms with Gasteiger partial charge in [-0.15, -0.1) is 0 Å². The van der Waals surface area contributed by atoms with Gasteiger partial charge in [0.2, 0.25) is 0 Å². The summed E-state index contributed by atoms with van der Waals surface area (Å²) in [5.41, 5.74) is 2.25. The molecule has 3 aliphatic rings. The standard InChI is InChI=1S/C16H16N2O4/c19-11-3-1-2-10-14(11)15(18-16(20)17-10)9-4-5-12-13(8-9)22-7-6-21-12/h4-5,8,15H,1-3,6-7H2,(H2,17,18,20)/t15-/m1/s1. The molecule has 0 bridgehead atoms. The van der Waals surface area contributed by atoms with Crippen LogP contribution in [-0.2, 0) is 4.79 Å². The fraction of sp³-hybridized carbons (Fsp3) is 0.375. The molecule has 0 saturated heterocycles. The topological polar surface area (TPSA) is 76.7 Å². The van der Waals surface area contributed by atoms with Crippen molar-refractivity contribution in [2.75, 3.05) is 13.2 Å². The molecule has 0 unspecified atom stereocenters. The fourth-order valence-electron chi connectivity index (χ4n) is 3.19. The predicted molar refractivity (Wildman–Crippen MR) is 77.7 cm³/mol. The third-order valence-electron chi connectivity index (χ3n) is 4.18. The quantitative estimate of drug-likeness (QED) is 0.829. The first-order valence-electron chi connectivity index (χ1n) is 7.46. The number of amides is 2. The molecule has 1 atom stereocenters. The van der Waals surface area contributed by atoms with Gasteiger partial charge in [-0.1, -0.05) is 6.07 Å². The van der Waals surface area contributed by atoms with Crippen LogP contribution in [0, 0.1) is 0 Å². The second-order valence-electron chi connectivity index (χ2n) is 5.60. The van der Waals surface area contributed by atoms with Crippen LogP contribution in [0.25, 0.3) is 0 Å². The molecule has 6 nitrogen and oxygen atoms in total. The molecule has 1 aliphatic carbocycles. The first-order valence-corrected chi connectivity index (χ1v) is 7.46. The van der Waals surface area contributed by atoms with E-state index in [1.165, 1.54) is 0 Å².